The van der Waals surface area contributed by atoms with Gasteiger partial charge in [0, 0.05) is 0 Å². The molecule has 0 fully saturated rings. The molecule has 0 bridgehead atoms. The molecule has 0 amide bonds. The van der Waals surface area contributed by atoms with E-state index in [9.17, 15) is 0 Å². The average Bonchev–Trinajstić information content (AvgIpc) is 2.60. The zero-order valence-electron chi connectivity index (χ0n) is 13.9. The first-order valence-electron chi connectivity index (χ1n) is 8.46. The summed E-state index contributed by atoms with van der Waals surface area (Å²) in [4.78, 5) is 0. The van der Waals surface area contributed by atoms with E-state index in [0.717, 1.165) is 0 Å². The van der Waals surface area contributed by atoms with Crippen LogP contribution in [0.3, 0.4) is 0 Å². The van der Waals surface area contributed by atoms with E-state index in [4.69, 9.17) is 0 Å². The monoisotopic (exact) mass is 306 g/mol. The smallest absolute Gasteiger partial charge is 0.00987 e. The summed E-state index contributed by atoms with van der Waals surface area (Å²) in [6, 6.07) is 27.0. The molecular formula is C24H18. The van der Waals surface area contributed by atoms with Gasteiger partial charge in [-0.25, -0.2) is 0 Å². The van der Waals surface area contributed by atoms with Crippen molar-refractivity contribution in [2.45, 2.75) is 13.8 Å². The summed E-state index contributed by atoms with van der Waals surface area (Å²) >= 11 is 0. The first-order valence-corrected chi connectivity index (χ1v) is 8.46. The lowest BCUT2D eigenvalue weighted by Gasteiger charge is -2.11. The summed E-state index contributed by atoms with van der Waals surface area (Å²) < 4.78 is 0. The molecule has 0 spiro atoms. The number of hydrogen-bond donors (Lipinski definition) is 0. The highest BCUT2D eigenvalue weighted by Crippen LogP contribution is 2.34. The Labute approximate surface area is 141 Å². The van der Waals surface area contributed by atoms with Gasteiger partial charge in [0.1, 0.15) is 0 Å². The maximum atomic E-state index is 2.33. The molecule has 5 aromatic rings. The molecule has 0 saturated carbocycles. The van der Waals surface area contributed by atoms with Crippen LogP contribution in [0, 0.1) is 13.8 Å². The average molecular weight is 306 g/mol. The zero-order valence-corrected chi connectivity index (χ0v) is 13.9. The topological polar surface area (TPSA) is 0 Å². The Kier molecular flexibility index (Phi) is 2.72. The van der Waals surface area contributed by atoms with Gasteiger partial charge >= 0.3 is 0 Å². The van der Waals surface area contributed by atoms with Crippen molar-refractivity contribution in [1.82, 2.24) is 0 Å². The van der Waals surface area contributed by atoms with Crippen LogP contribution in [0.4, 0.5) is 0 Å². The van der Waals surface area contributed by atoms with Gasteiger partial charge in [-0.1, -0.05) is 60.7 Å². The molecule has 0 aliphatic rings. The summed E-state index contributed by atoms with van der Waals surface area (Å²) in [6.07, 6.45) is 0. The first kappa shape index (κ1) is 13.6. The summed E-state index contributed by atoms with van der Waals surface area (Å²) in [5.74, 6) is 0. The third kappa shape index (κ3) is 1.86. The zero-order chi connectivity index (χ0) is 16.3. The first-order chi connectivity index (χ1) is 11.7. The van der Waals surface area contributed by atoms with Crippen molar-refractivity contribution in [1.29, 1.82) is 0 Å². The quantitative estimate of drug-likeness (QED) is 0.215. The van der Waals surface area contributed by atoms with E-state index in [0.29, 0.717) is 0 Å². The van der Waals surface area contributed by atoms with Crippen LogP contribution in [-0.4, -0.2) is 0 Å². The molecule has 0 unspecified atom stereocenters. The Morgan fingerprint density at radius 1 is 0.417 bits per heavy atom. The van der Waals surface area contributed by atoms with Crippen molar-refractivity contribution in [3.8, 4) is 0 Å². The van der Waals surface area contributed by atoms with E-state index in [-0.39, 0.29) is 0 Å². The fraction of sp³-hybridized carbons (Fsp3) is 0.0833. The van der Waals surface area contributed by atoms with Gasteiger partial charge in [0.15, 0.2) is 0 Å². The minimum atomic E-state index is 1.30. The van der Waals surface area contributed by atoms with E-state index >= 15 is 0 Å². The molecular weight excluding hydrogens is 288 g/mol. The lowest BCUT2D eigenvalue weighted by atomic mass is 9.93. The second kappa shape index (κ2) is 4.82. The summed E-state index contributed by atoms with van der Waals surface area (Å²) in [7, 11) is 0. The minimum Gasteiger partial charge on any atom is -0.0616 e. The van der Waals surface area contributed by atoms with Gasteiger partial charge in [0.25, 0.3) is 0 Å². The van der Waals surface area contributed by atoms with Crippen molar-refractivity contribution in [2.75, 3.05) is 0 Å². The third-order valence-electron chi connectivity index (χ3n) is 5.31. The molecule has 0 radical (unpaired) electrons. The minimum absolute atomic E-state index is 1.30. The molecule has 24 heavy (non-hydrogen) atoms. The molecule has 5 aromatic carbocycles. The highest BCUT2D eigenvalue weighted by Gasteiger charge is 2.07. The van der Waals surface area contributed by atoms with Crippen molar-refractivity contribution < 1.29 is 0 Å². The van der Waals surface area contributed by atoms with Gasteiger partial charge in [0.2, 0.25) is 0 Å². The SMILES string of the molecule is Cc1cc2ccc3c4cc5ccccc5cc4ccc3c2cc1C. The van der Waals surface area contributed by atoms with E-state index in [1.807, 2.05) is 0 Å². The van der Waals surface area contributed by atoms with Gasteiger partial charge in [0.05, 0.1) is 0 Å². The van der Waals surface area contributed by atoms with Crippen molar-refractivity contribution in [3.05, 3.63) is 83.9 Å². The Balaban J connectivity index is 1.98. The lowest BCUT2D eigenvalue weighted by molar-refractivity contribution is 1.37. The second-order valence-electron chi connectivity index (χ2n) is 6.80. The summed E-state index contributed by atoms with van der Waals surface area (Å²) in [6.45, 7) is 4.38. The number of benzene rings is 5. The lowest BCUT2D eigenvalue weighted by Crippen LogP contribution is -1.85. The molecule has 5 rings (SSSR count). The molecule has 114 valence electrons. The summed E-state index contributed by atoms with van der Waals surface area (Å²) in [5, 5.41) is 10.6. The van der Waals surface area contributed by atoms with Crippen molar-refractivity contribution >= 4 is 43.1 Å². The van der Waals surface area contributed by atoms with Crippen LogP contribution in [-0.2, 0) is 0 Å². The van der Waals surface area contributed by atoms with Crippen molar-refractivity contribution in [2.24, 2.45) is 0 Å². The molecule has 0 heterocycles. The maximum absolute atomic E-state index is 2.33. The number of rotatable bonds is 0. The van der Waals surface area contributed by atoms with Crippen LogP contribution in [0.5, 0.6) is 0 Å². The van der Waals surface area contributed by atoms with Crippen molar-refractivity contribution in [3.63, 3.8) is 0 Å². The number of fused-ring (bicyclic) bond motifs is 6. The van der Waals surface area contributed by atoms with E-state index in [1.54, 1.807) is 0 Å². The predicted molar refractivity (Wildman–Crippen MR) is 106 cm³/mol. The van der Waals surface area contributed by atoms with E-state index in [2.05, 4.69) is 86.6 Å². The highest BCUT2D eigenvalue weighted by molar-refractivity contribution is 6.19. The van der Waals surface area contributed by atoms with E-state index < -0.39 is 0 Å². The fourth-order valence-electron chi connectivity index (χ4n) is 3.83. The van der Waals surface area contributed by atoms with Crippen LogP contribution >= 0.6 is 0 Å². The van der Waals surface area contributed by atoms with Gasteiger partial charge in [-0.05, 0) is 80.2 Å². The van der Waals surface area contributed by atoms with Gasteiger partial charge in [-0.15, -0.1) is 0 Å². The third-order valence-corrected chi connectivity index (χ3v) is 5.31. The highest BCUT2D eigenvalue weighted by atomic mass is 14.1. The standard InChI is InChI=1S/C24H18/c1-15-11-19-7-9-22-21(23(19)12-16(15)2)10-8-20-13-17-5-3-4-6-18(17)14-24(20)22/h3-14H,1-2H3. The number of hydrogen-bond acceptors (Lipinski definition) is 0. The van der Waals surface area contributed by atoms with E-state index in [1.165, 1.54) is 54.2 Å². The normalized spacial score (nSPS) is 11.8. The Bertz CT molecular complexity index is 1260. The molecule has 0 atom stereocenters. The molecule has 0 heteroatoms. The van der Waals surface area contributed by atoms with Gasteiger partial charge < -0.3 is 0 Å². The molecule has 0 N–H and O–H groups in total. The second-order valence-corrected chi connectivity index (χ2v) is 6.80. The van der Waals surface area contributed by atoms with Crippen LogP contribution in [0.25, 0.3) is 43.1 Å². The van der Waals surface area contributed by atoms with Gasteiger partial charge in [-0.3, -0.25) is 0 Å². The Morgan fingerprint density at radius 3 is 1.67 bits per heavy atom. The molecule has 0 nitrogen and oxygen atoms in total. The molecule has 0 aliphatic heterocycles. The Morgan fingerprint density at radius 2 is 0.958 bits per heavy atom. The predicted octanol–water partition coefficient (Wildman–Crippen LogP) is 6.92. The Hall–Kier alpha value is -2.86. The van der Waals surface area contributed by atoms with Crippen LogP contribution < -0.4 is 0 Å². The van der Waals surface area contributed by atoms with Gasteiger partial charge in [-0.2, -0.15) is 0 Å². The molecule has 0 saturated heterocycles. The fourth-order valence-corrected chi connectivity index (χ4v) is 3.83. The van der Waals surface area contributed by atoms with Crippen LogP contribution in [0.1, 0.15) is 11.1 Å². The van der Waals surface area contributed by atoms with Crippen LogP contribution in [0.2, 0.25) is 0 Å². The molecule has 0 aromatic heterocycles. The maximum Gasteiger partial charge on any atom is -0.00987 e. The largest absolute Gasteiger partial charge is 0.0616 e. The molecule has 0 aliphatic carbocycles. The number of aryl methyl sites for hydroxylation is 2. The summed E-state index contributed by atoms with van der Waals surface area (Å²) in [5.41, 5.74) is 2.71. The van der Waals surface area contributed by atoms with Crippen LogP contribution in [0.15, 0.2) is 72.8 Å².